The standard InChI is InChI=1S/C35H35FN2O/c1-24-8-6-7-11-31(24)35-34(36)32-21-30(39-23-28-9-4-3-5-10-28)18-19-33(32)38(35)22-27-14-12-26(13-15-27)20-25(2)37-29-16-17-29/h3-15,18-19,21,25,29,37H,16-17,20,22-23H2,1-2H3. The Bertz CT molecular complexity index is 1570. The number of hydrogen-bond donors (Lipinski definition) is 1. The van der Waals surface area contributed by atoms with Crippen LogP contribution in [-0.4, -0.2) is 16.7 Å². The summed E-state index contributed by atoms with van der Waals surface area (Å²) in [7, 11) is 0. The van der Waals surface area contributed by atoms with Crippen molar-refractivity contribution in [2.75, 3.05) is 0 Å². The zero-order valence-corrected chi connectivity index (χ0v) is 22.7. The average molecular weight is 519 g/mol. The Morgan fingerprint density at radius 1 is 0.872 bits per heavy atom. The zero-order valence-electron chi connectivity index (χ0n) is 22.7. The van der Waals surface area contributed by atoms with Crippen LogP contribution in [0.25, 0.3) is 22.2 Å². The van der Waals surface area contributed by atoms with Crippen molar-refractivity contribution in [1.29, 1.82) is 0 Å². The number of halogens is 1. The number of aryl methyl sites for hydroxylation is 1. The SMILES string of the molecule is Cc1ccccc1-c1c(F)c2cc(OCc3ccccc3)ccc2n1Cc1ccc(CC(C)NC2CC2)cc1. The number of fused-ring (bicyclic) bond motifs is 1. The highest BCUT2D eigenvalue weighted by atomic mass is 19.1. The Kier molecular flexibility index (Phi) is 7.21. The highest BCUT2D eigenvalue weighted by Crippen LogP contribution is 2.36. The van der Waals surface area contributed by atoms with E-state index < -0.39 is 0 Å². The number of ether oxygens (including phenoxy) is 1. The highest BCUT2D eigenvalue weighted by Gasteiger charge is 2.23. The van der Waals surface area contributed by atoms with Gasteiger partial charge in [0.05, 0.1) is 11.2 Å². The molecular weight excluding hydrogens is 483 g/mol. The number of rotatable bonds is 10. The molecule has 1 saturated carbocycles. The number of nitrogens with zero attached hydrogens (tertiary/aromatic N) is 1. The van der Waals surface area contributed by atoms with Crippen LogP contribution < -0.4 is 10.1 Å². The summed E-state index contributed by atoms with van der Waals surface area (Å²) in [6, 6.07) is 33.8. The molecule has 1 aliphatic carbocycles. The molecule has 5 aromatic rings. The van der Waals surface area contributed by atoms with Crippen LogP contribution in [0.4, 0.5) is 4.39 Å². The molecule has 4 aromatic carbocycles. The molecule has 1 aliphatic rings. The molecule has 1 aromatic heterocycles. The molecule has 1 N–H and O–H groups in total. The minimum Gasteiger partial charge on any atom is -0.489 e. The summed E-state index contributed by atoms with van der Waals surface area (Å²) < 4.78 is 24.4. The van der Waals surface area contributed by atoms with Crippen LogP contribution >= 0.6 is 0 Å². The number of benzene rings is 4. The molecule has 1 heterocycles. The van der Waals surface area contributed by atoms with Crippen molar-refractivity contribution < 1.29 is 9.13 Å². The molecule has 0 saturated heterocycles. The fraction of sp³-hybridized carbons (Fsp3) is 0.257. The maximum atomic E-state index is 16.2. The fourth-order valence-corrected chi connectivity index (χ4v) is 5.42. The lowest BCUT2D eigenvalue weighted by atomic mass is 10.0. The predicted octanol–water partition coefficient (Wildman–Crippen LogP) is 8.07. The van der Waals surface area contributed by atoms with Crippen molar-refractivity contribution >= 4 is 10.9 Å². The van der Waals surface area contributed by atoms with Crippen molar-refractivity contribution in [3.05, 3.63) is 125 Å². The normalized spacial score (nSPS) is 14.0. The molecule has 0 bridgehead atoms. The van der Waals surface area contributed by atoms with Gasteiger partial charge in [-0.1, -0.05) is 78.9 Å². The number of aromatic nitrogens is 1. The van der Waals surface area contributed by atoms with Gasteiger partial charge in [-0.3, -0.25) is 0 Å². The van der Waals surface area contributed by atoms with Crippen LogP contribution in [0.2, 0.25) is 0 Å². The van der Waals surface area contributed by atoms with Crippen molar-refractivity contribution in [1.82, 2.24) is 9.88 Å². The first-order valence-electron chi connectivity index (χ1n) is 13.9. The third kappa shape index (κ3) is 5.76. The van der Waals surface area contributed by atoms with E-state index in [1.54, 1.807) is 0 Å². The van der Waals surface area contributed by atoms with Gasteiger partial charge in [0.2, 0.25) is 0 Å². The van der Waals surface area contributed by atoms with Gasteiger partial charge in [0, 0.05) is 29.6 Å². The van der Waals surface area contributed by atoms with Gasteiger partial charge < -0.3 is 14.6 Å². The Labute approximate surface area is 230 Å². The first-order chi connectivity index (χ1) is 19.0. The largest absolute Gasteiger partial charge is 0.489 e. The first-order valence-corrected chi connectivity index (χ1v) is 13.9. The molecule has 0 aliphatic heterocycles. The summed E-state index contributed by atoms with van der Waals surface area (Å²) in [6.45, 7) is 5.33. The van der Waals surface area contributed by atoms with E-state index in [1.807, 2.05) is 79.7 Å². The summed E-state index contributed by atoms with van der Waals surface area (Å²) in [5.74, 6) is 0.457. The van der Waals surface area contributed by atoms with E-state index in [0.717, 1.165) is 34.2 Å². The Morgan fingerprint density at radius 3 is 2.33 bits per heavy atom. The molecular formula is C35H35FN2O. The molecule has 6 rings (SSSR count). The van der Waals surface area contributed by atoms with Crippen molar-refractivity contribution in [2.45, 2.75) is 58.3 Å². The van der Waals surface area contributed by atoms with Gasteiger partial charge in [0.15, 0.2) is 5.82 Å². The first kappa shape index (κ1) is 25.4. The summed E-state index contributed by atoms with van der Waals surface area (Å²) in [6.07, 6.45) is 3.61. The molecule has 1 atom stereocenters. The zero-order chi connectivity index (χ0) is 26.8. The second-order valence-corrected chi connectivity index (χ2v) is 10.9. The van der Waals surface area contributed by atoms with Gasteiger partial charge >= 0.3 is 0 Å². The quantitative estimate of drug-likeness (QED) is 0.202. The molecule has 0 spiro atoms. The Morgan fingerprint density at radius 2 is 1.59 bits per heavy atom. The van der Waals surface area contributed by atoms with E-state index in [-0.39, 0.29) is 5.82 Å². The van der Waals surface area contributed by atoms with Crippen LogP contribution in [0.3, 0.4) is 0 Å². The van der Waals surface area contributed by atoms with E-state index in [0.29, 0.717) is 42.1 Å². The van der Waals surface area contributed by atoms with E-state index in [9.17, 15) is 0 Å². The van der Waals surface area contributed by atoms with Gasteiger partial charge in [0.25, 0.3) is 0 Å². The van der Waals surface area contributed by atoms with Crippen LogP contribution in [0.1, 0.15) is 42.0 Å². The number of nitrogens with one attached hydrogen (secondary N) is 1. The van der Waals surface area contributed by atoms with Crippen LogP contribution in [0.5, 0.6) is 5.75 Å². The topological polar surface area (TPSA) is 26.2 Å². The molecule has 0 radical (unpaired) electrons. The van der Waals surface area contributed by atoms with Crippen molar-refractivity contribution in [3.63, 3.8) is 0 Å². The minimum atomic E-state index is -0.207. The van der Waals surface area contributed by atoms with Gasteiger partial charge in [-0.2, -0.15) is 0 Å². The lowest BCUT2D eigenvalue weighted by molar-refractivity contribution is 0.306. The monoisotopic (exact) mass is 518 g/mol. The maximum absolute atomic E-state index is 16.2. The maximum Gasteiger partial charge on any atom is 0.156 e. The van der Waals surface area contributed by atoms with Crippen LogP contribution in [0, 0.1) is 12.7 Å². The second-order valence-electron chi connectivity index (χ2n) is 10.9. The minimum absolute atomic E-state index is 0.207. The van der Waals surface area contributed by atoms with E-state index in [1.165, 1.54) is 18.4 Å². The molecule has 1 fully saturated rings. The van der Waals surface area contributed by atoms with Gasteiger partial charge in [-0.15, -0.1) is 0 Å². The highest BCUT2D eigenvalue weighted by molar-refractivity contribution is 5.89. The van der Waals surface area contributed by atoms with Crippen LogP contribution in [0.15, 0.2) is 97.1 Å². The van der Waals surface area contributed by atoms with Gasteiger partial charge in [-0.25, -0.2) is 4.39 Å². The van der Waals surface area contributed by atoms with Crippen molar-refractivity contribution in [2.24, 2.45) is 0 Å². The average Bonchev–Trinajstić information content (AvgIpc) is 3.73. The van der Waals surface area contributed by atoms with Crippen LogP contribution in [-0.2, 0) is 19.6 Å². The lowest BCUT2D eigenvalue weighted by Crippen LogP contribution is -2.29. The number of hydrogen-bond acceptors (Lipinski definition) is 2. The predicted molar refractivity (Wildman–Crippen MR) is 158 cm³/mol. The molecule has 39 heavy (non-hydrogen) atoms. The van der Waals surface area contributed by atoms with E-state index >= 15 is 4.39 Å². The van der Waals surface area contributed by atoms with Gasteiger partial charge in [-0.05, 0) is 73.6 Å². The second kappa shape index (κ2) is 11.1. The van der Waals surface area contributed by atoms with Crippen molar-refractivity contribution in [3.8, 4) is 17.0 Å². The third-order valence-electron chi connectivity index (χ3n) is 7.62. The molecule has 3 nitrogen and oxygen atoms in total. The lowest BCUT2D eigenvalue weighted by Gasteiger charge is -2.15. The summed E-state index contributed by atoms with van der Waals surface area (Å²) in [5.41, 5.74) is 7.00. The summed E-state index contributed by atoms with van der Waals surface area (Å²) in [5, 5.41) is 4.26. The molecule has 1 unspecified atom stereocenters. The Balaban J connectivity index is 1.32. The van der Waals surface area contributed by atoms with E-state index in [2.05, 4.69) is 41.1 Å². The summed E-state index contributed by atoms with van der Waals surface area (Å²) >= 11 is 0. The van der Waals surface area contributed by atoms with Gasteiger partial charge in [0.1, 0.15) is 12.4 Å². The molecule has 0 amide bonds. The molecule has 198 valence electrons. The van der Waals surface area contributed by atoms with E-state index in [4.69, 9.17) is 4.74 Å². The Hall–Kier alpha value is -3.89. The third-order valence-corrected chi connectivity index (χ3v) is 7.62. The molecule has 4 heteroatoms. The smallest absolute Gasteiger partial charge is 0.156 e. The summed E-state index contributed by atoms with van der Waals surface area (Å²) in [4.78, 5) is 0. The fourth-order valence-electron chi connectivity index (χ4n) is 5.42.